The van der Waals surface area contributed by atoms with Crippen molar-refractivity contribution in [3.8, 4) is 11.8 Å². The van der Waals surface area contributed by atoms with Crippen LogP contribution in [-0.4, -0.2) is 28.5 Å². The van der Waals surface area contributed by atoms with Crippen LogP contribution in [0.25, 0.3) is 0 Å². The molecule has 0 unspecified atom stereocenters. The lowest BCUT2D eigenvalue weighted by Gasteiger charge is -1.84. The van der Waals surface area contributed by atoms with Crippen LogP contribution < -0.4 is 5.32 Å². The number of rotatable bonds is 2. The molecule has 0 saturated heterocycles. The Morgan fingerprint density at radius 3 is 3.15 bits per heavy atom. The number of H-pyrrole nitrogens is 1. The van der Waals surface area contributed by atoms with E-state index in [1.807, 2.05) is 0 Å². The topological polar surface area (TPSA) is 83.8 Å². The number of hydrogen-bond acceptors (Lipinski definition) is 4. The SMILES string of the molecule is CNCC#Cc1ncc([N+](=O)[O-])[nH]1. The van der Waals surface area contributed by atoms with Gasteiger partial charge in [0.05, 0.1) is 6.54 Å². The number of imidazole rings is 1. The summed E-state index contributed by atoms with van der Waals surface area (Å²) in [6, 6.07) is 0. The van der Waals surface area contributed by atoms with Gasteiger partial charge >= 0.3 is 5.82 Å². The van der Waals surface area contributed by atoms with Crippen molar-refractivity contribution in [2.75, 3.05) is 13.6 Å². The largest absolute Gasteiger partial charge is 0.358 e. The van der Waals surface area contributed by atoms with Crippen LogP contribution in [-0.2, 0) is 0 Å². The van der Waals surface area contributed by atoms with Crippen molar-refractivity contribution in [3.63, 3.8) is 0 Å². The molecule has 0 fully saturated rings. The molecule has 0 aliphatic heterocycles. The second kappa shape index (κ2) is 4.23. The van der Waals surface area contributed by atoms with Crippen molar-refractivity contribution >= 4 is 5.82 Å². The number of nitrogens with zero attached hydrogens (tertiary/aromatic N) is 2. The number of hydrogen-bond donors (Lipinski definition) is 2. The molecule has 0 atom stereocenters. The van der Waals surface area contributed by atoms with Crippen LogP contribution in [0.5, 0.6) is 0 Å². The van der Waals surface area contributed by atoms with Gasteiger partial charge in [0.25, 0.3) is 5.82 Å². The third-order valence-electron chi connectivity index (χ3n) is 1.23. The Kier molecular flexibility index (Phi) is 3.00. The molecule has 2 N–H and O–H groups in total. The Morgan fingerprint density at radius 1 is 1.85 bits per heavy atom. The molecule has 1 aromatic rings. The van der Waals surface area contributed by atoms with E-state index in [9.17, 15) is 10.1 Å². The van der Waals surface area contributed by atoms with Crippen LogP contribution in [0, 0.1) is 22.0 Å². The molecule has 13 heavy (non-hydrogen) atoms. The van der Waals surface area contributed by atoms with Gasteiger partial charge in [-0.15, -0.1) is 0 Å². The van der Waals surface area contributed by atoms with E-state index in [0.717, 1.165) is 6.20 Å². The van der Waals surface area contributed by atoms with Crippen LogP contribution in [0.2, 0.25) is 0 Å². The summed E-state index contributed by atoms with van der Waals surface area (Å²) in [5, 5.41) is 13.0. The highest BCUT2D eigenvalue weighted by Gasteiger charge is 2.06. The maximum atomic E-state index is 10.2. The smallest absolute Gasteiger partial charge is 0.341 e. The highest BCUT2D eigenvalue weighted by molar-refractivity contribution is 5.27. The number of nitro groups is 1. The van der Waals surface area contributed by atoms with Crippen molar-refractivity contribution in [1.29, 1.82) is 0 Å². The van der Waals surface area contributed by atoms with E-state index >= 15 is 0 Å². The van der Waals surface area contributed by atoms with Gasteiger partial charge in [0, 0.05) is 0 Å². The molecule has 6 heteroatoms. The van der Waals surface area contributed by atoms with Gasteiger partial charge in [-0.2, -0.15) is 0 Å². The first-order valence-corrected chi connectivity index (χ1v) is 3.57. The third-order valence-corrected chi connectivity index (χ3v) is 1.23. The van der Waals surface area contributed by atoms with Gasteiger partial charge in [0.2, 0.25) is 0 Å². The van der Waals surface area contributed by atoms with Crippen molar-refractivity contribution in [2.45, 2.75) is 0 Å². The number of aromatic amines is 1. The first-order valence-electron chi connectivity index (χ1n) is 3.57. The van der Waals surface area contributed by atoms with Gasteiger partial charge in [-0.05, 0) is 17.9 Å². The predicted molar refractivity (Wildman–Crippen MR) is 46.0 cm³/mol. The van der Waals surface area contributed by atoms with Crippen LogP contribution in [0.4, 0.5) is 5.82 Å². The molecule has 0 aromatic carbocycles. The molecule has 1 aromatic heterocycles. The monoisotopic (exact) mass is 180 g/mol. The summed E-state index contributed by atoms with van der Waals surface area (Å²) in [5.41, 5.74) is 0. The molecule has 68 valence electrons. The lowest BCUT2D eigenvalue weighted by atomic mass is 10.5. The maximum absolute atomic E-state index is 10.2. The molecule has 0 radical (unpaired) electrons. The minimum Gasteiger partial charge on any atom is -0.358 e. The molecule has 0 aliphatic rings. The van der Waals surface area contributed by atoms with Gasteiger partial charge in [-0.1, -0.05) is 5.92 Å². The zero-order valence-electron chi connectivity index (χ0n) is 7.00. The Labute approximate surface area is 74.5 Å². The van der Waals surface area contributed by atoms with E-state index in [0.29, 0.717) is 12.4 Å². The van der Waals surface area contributed by atoms with Crippen LogP contribution >= 0.6 is 0 Å². The molecule has 0 aliphatic carbocycles. The Balaban J connectivity index is 2.71. The third kappa shape index (κ3) is 2.57. The molecule has 0 saturated carbocycles. The predicted octanol–water partition coefficient (Wildman–Crippen LogP) is -0.111. The Bertz CT molecular complexity index is 360. The van der Waals surface area contributed by atoms with Crippen molar-refractivity contribution in [1.82, 2.24) is 15.3 Å². The zero-order chi connectivity index (χ0) is 9.68. The van der Waals surface area contributed by atoms with E-state index in [1.165, 1.54) is 0 Å². The van der Waals surface area contributed by atoms with Gasteiger partial charge in [-0.25, -0.2) is 9.97 Å². The molecule has 0 spiro atoms. The van der Waals surface area contributed by atoms with Gasteiger partial charge < -0.3 is 15.4 Å². The minimum absolute atomic E-state index is 0.145. The average Bonchev–Trinajstić information content (AvgIpc) is 2.53. The molecule has 0 bridgehead atoms. The van der Waals surface area contributed by atoms with Crippen LogP contribution in [0.3, 0.4) is 0 Å². The Hall–Kier alpha value is -1.87. The van der Waals surface area contributed by atoms with Crippen LogP contribution in [0.1, 0.15) is 5.82 Å². The average molecular weight is 180 g/mol. The van der Waals surface area contributed by atoms with Crippen molar-refractivity contribution in [3.05, 3.63) is 22.1 Å². The van der Waals surface area contributed by atoms with Gasteiger partial charge in [0.1, 0.15) is 6.20 Å². The summed E-state index contributed by atoms with van der Waals surface area (Å²) in [6.07, 6.45) is 1.14. The van der Waals surface area contributed by atoms with E-state index in [2.05, 4.69) is 27.1 Å². The normalized spacial score (nSPS) is 9.00. The first kappa shape index (κ1) is 9.22. The fraction of sp³-hybridized carbons (Fsp3) is 0.286. The van der Waals surface area contributed by atoms with Gasteiger partial charge in [0.15, 0.2) is 0 Å². The van der Waals surface area contributed by atoms with E-state index in [4.69, 9.17) is 0 Å². The minimum atomic E-state index is -0.545. The molecule has 1 rings (SSSR count). The highest BCUT2D eigenvalue weighted by Crippen LogP contribution is 2.04. The fourth-order valence-electron chi connectivity index (χ4n) is 0.684. The summed E-state index contributed by atoms with van der Waals surface area (Å²) >= 11 is 0. The summed E-state index contributed by atoms with van der Waals surface area (Å²) in [5.74, 6) is 5.53. The zero-order valence-corrected chi connectivity index (χ0v) is 7.00. The molecule has 0 amide bonds. The second-order valence-corrected chi connectivity index (χ2v) is 2.21. The van der Waals surface area contributed by atoms with E-state index < -0.39 is 4.92 Å². The van der Waals surface area contributed by atoms with Crippen molar-refractivity contribution in [2.24, 2.45) is 0 Å². The maximum Gasteiger partial charge on any atom is 0.341 e. The molecular weight excluding hydrogens is 172 g/mol. The molecule has 1 heterocycles. The van der Waals surface area contributed by atoms with E-state index in [1.54, 1.807) is 7.05 Å². The molecular formula is C7H8N4O2. The summed E-state index contributed by atoms with van der Waals surface area (Å²) in [7, 11) is 1.76. The summed E-state index contributed by atoms with van der Waals surface area (Å²) in [4.78, 5) is 15.8. The lowest BCUT2D eigenvalue weighted by Crippen LogP contribution is -2.04. The lowest BCUT2D eigenvalue weighted by molar-refractivity contribution is -0.389. The second-order valence-electron chi connectivity index (χ2n) is 2.21. The van der Waals surface area contributed by atoms with Gasteiger partial charge in [-0.3, -0.25) is 0 Å². The first-order chi connectivity index (χ1) is 6.24. The van der Waals surface area contributed by atoms with Crippen LogP contribution in [0.15, 0.2) is 6.20 Å². The highest BCUT2D eigenvalue weighted by atomic mass is 16.6. The number of aromatic nitrogens is 2. The molecule has 6 nitrogen and oxygen atoms in total. The quantitative estimate of drug-likeness (QED) is 0.378. The number of nitrogens with one attached hydrogen (secondary N) is 2. The van der Waals surface area contributed by atoms with E-state index in [-0.39, 0.29) is 5.82 Å². The summed E-state index contributed by atoms with van der Waals surface area (Å²) < 4.78 is 0. The van der Waals surface area contributed by atoms with Crippen molar-refractivity contribution < 1.29 is 4.92 Å². The standard InChI is InChI=1S/C7H8N4O2/c1-8-4-2-3-6-9-5-7(10-6)11(12)13/h5,8H,4H2,1H3,(H,9,10). The Morgan fingerprint density at radius 2 is 2.62 bits per heavy atom. The summed E-state index contributed by atoms with van der Waals surface area (Å²) in [6.45, 7) is 0.522. The fourth-order valence-corrected chi connectivity index (χ4v) is 0.684.